The Bertz CT molecular complexity index is 1080. The van der Waals surface area contributed by atoms with Crippen LogP contribution in [0.3, 0.4) is 0 Å². The Kier molecular flexibility index (Phi) is 11.7. The van der Waals surface area contributed by atoms with Gasteiger partial charge in [-0.2, -0.15) is 0 Å². The van der Waals surface area contributed by atoms with E-state index in [1.54, 1.807) is 53.4 Å². The number of piperazine rings is 1. The first-order chi connectivity index (χ1) is 18.8. The Hall–Kier alpha value is -2.97. The minimum atomic E-state index is -1.20. The van der Waals surface area contributed by atoms with E-state index in [4.69, 9.17) is 23.2 Å². The number of anilines is 2. The summed E-state index contributed by atoms with van der Waals surface area (Å²) in [6, 6.07) is 11.7. The van der Waals surface area contributed by atoms with Crippen molar-refractivity contribution in [1.82, 2.24) is 14.7 Å². The second-order valence-electron chi connectivity index (χ2n) is 9.76. The van der Waals surface area contributed by atoms with Gasteiger partial charge in [0, 0.05) is 36.2 Å². The third-order valence-corrected chi connectivity index (χ3v) is 7.31. The first-order valence-electron chi connectivity index (χ1n) is 13.6. The van der Waals surface area contributed by atoms with E-state index in [-0.39, 0.29) is 25.7 Å². The maximum absolute atomic E-state index is 14.0. The fourth-order valence-electron chi connectivity index (χ4n) is 4.73. The molecule has 0 spiro atoms. The number of aliphatic carboxylic acids is 1. The molecular formula is C29H38Cl2N4O4. The Labute approximate surface area is 241 Å². The lowest BCUT2D eigenvalue weighted by Gasteiger charge is -2.42. The van der Waals surface area contributed by atoms with Crippen molar-refractivity contribution in [2.45, 2.75) is 58.4 Å². The highest BCUT2D eigenvalue weighted by Crippen LogP contribution is 2.31. The number of hydrogen-bond donors (Lipinski definition) is 1. The first kappa shape index (κ1) is 30.6. The van der Waals surface area contributed by atoms with Gasteiger partial charge in [0.25, 0.3) is 0 Å². The molecule has 0 aromatic heterocycles. The van der Waals surface area contributed by atoms with Crippen molar-refractivity contribution in [3.8, 4) is 0 Å². The van der Waals surface area contributed by atoms with Crippen LogP contribution >= 0.6 is 23.2 Å². The van der Waals surface area contributed by atoms with Gasteiger partial charge >= 0.3 is 18.0 Å². The molecule has 2 aromatic rings. The van der Waals surface area contributed by atoms with E-state index in [2.05, 4.69) is 13.8 Å². The van der Waals surface area contributed by atoms with Gasteiger partial charge in [-0.3, -0.25) is 4.90 Å². The van der Waals surface area contributed by atoms with Crippen molar-refractivity contribution in [3.05, 3.63) is 58.6 Å². The fourth-order valence-corrected chi connectivity index (χ4v) is 5.10. The van der Waals surface area contributed by atoms with Crippen molar-refractivity contribution in [3.63, 3.8) is 0 Å². The zero-order valence-electron chi connectivity index (χ0n) is 22.7. The summed E-state index contributed by atoms with van der Waals surface area (Å²) in [6.45, 7) is 5.76. The number of nitrogens with zero attached hydrogens (tertiary/aromatic N) is 4. The summed E-state index contributed by atoms with van der Waals surface area (Å²) in [7, 11) is 0. The van der Waals surface area contributed by atoms with E-state index in [1.165, 1.54) is 9.80 Å². The minimum Gasteiger partial charge on any atom is -0.480 e. The second-order valence-corrected chi connectivity index (χ2v) is 10.6. The molecule has 3 rings (SSSR count). The number of carboxylic acids is 1. The number of amides is 4. The van der Waals surface area contributed by atoms with E-state index < -0.39 is 18.0 Å². The molecule has 2 aromatic carbocycles. The number of carbonyl (C=O) groups is 3. The summed E-state index contributed by atoms with van der Waals surface area (Å²) in [4.78, 5) is 46.0. The van der Waals surface area contributed by atoms with Gasteiger partial charge in [-0.05, 0) is 49.2 Å². The summed E-state index contributed by atoms with van der Waals surface area (Å²) >= 11 is 12.5. The molecule has 0 radical (unpaired) electrons. The largest absolute Gasteiger partial charge is 0.480 e. The molecule has 0 unspecified atom stereocenters. The van der Waals surface area contributed by atoms with E-state index >= 15 is 0 Å². The van der Waals surface area contributed by atoms with Crippen LogP contribution in [0.1, 0.15) is 52.4 Å². The number of halogens is 2. The molecule has 1 saturated heterocycles. The molecule has 1 N–H and O–H groups in total. The van der Waals surface area contributed by atoms with Gasteiger partial charge in [0.05, 0.1) is 17.9 Å². The van der Waals surface area contributed by atoms with Crippen LogP contribution in [0.25, 0.3) is 0 Å². The van der Waals surface area contributed by atoms with Crippen molar-refractivity contribution in [2.24, 2.45) is 0 Å². The molecule has 1 aliphatic heterocycles. The molecule has 8 nitrogen and oxygen atoms in total. The van der Waals surface area contributed by atoms with Gasteiger partial charge in [-0.1, -0.05) is 74.9 Å². The number of unbranched alkanes of at least 4 members (excludes halogenated alkanes) is 4. The van der Waals surface area contributed by atoms with Crippen molar-refractivity contribution in [2.75, 3.05) is 37.6 Å². The predicted molar refractivity (Wildman–Crippen MR) is 156 cm³/mol. The van der Waals surface area contributed by atoms with Crippen molar-refractivity contribution < 1.29 is 19.5 Å². The normalized spacial score (nSPS) is 15.2. The summed E-state index contributed by atoms with van der Waals surface area (Å²) in [5.41, 5.74) is 0.964. The molecule has 10 heteroatoms. The number of rotatable bonds is 11. The van der Waals surface area contributed by atoms with E-state index in [0.29, 0.717) is 34.5 Å². The van der Waals surface area contributed by atoms with Crippen LogP contribution in [0.4, 0.5) is 21.0 Å². The zero-order valence-corrected chi connectivity index (χ0v) is 24.2. The highest BCUT2D eigenvalue weighted by atomic mass is 35.5. The first-order valence-corrected chi connectivity index (χ1v) is 14.4. The topological polar surface area (TPSA) is 84.4 Å². The SMILES string of the molecule is CCCCCN(CCCCC)C(=O)N1CCN(C(=O)N(c2cccc(Cl)c2)c2cccc(Cl)c2)[C@H](C(=O)O)C1. The molecule has 0 bridgehead atoms. The molecule has 0 saturated carbocycles. The molecule has 0 aliphatic carbocycles. The third-order valence-electron chi connectivity index (χ3n) is 6.84. The van der Waals surface area contributed by atoms with Crippen LogP contribution < -0.4 is 4.90 Å². The van der Waals surface area contributed by atoms with Crippen LogP contribution in [0, 0.1) is 0 Å². The monoisotopic (exact) mass is 576 g/mol. The van der Waals surface area contributed by atoms with Crippen LogP contribution in [0.15, 0.2) is 48.5 Å². The van der Waals surface area contributed by atoms with Gasteiger partial charge in [-0.15, -0.1) is 0 Å². The number of benzene rings is 2. The van der Waals surface area contributed by atoms with Crippen LogP contribution in [0.5, 0.6) is 0 Å². The molecule has 39 heavy (non-hydrogen) atoms. The molecular weight excluding hydrogens is 539 g/mol. The maximum atomic E-state index is 14.0. The highest BCUT2D eigenvalue weighted by Gasteiger charge is 2.40. The predicted octanol–water partition coefficient (Wildman–Crippen LogP) is 7.12. The number of urea groups is 2. The van der Waals surface area contributed by atoms with Crippen molar-refractivity contribution >= 4 is 52.6 Å². The average Bonchev–Trinajstić information content (AvgIpc) is 2.92. The van der Waals surface area contributed by atoms with Crippen LogP contribution in [0.2, 0.25) is 10.0 Å². The second kappa shape index (κ2) is 15.0. The summed E-state index contributed by atoms with van der Waals surface area (Å²) < 4.78 is 0. The van der Waals surface area contributed by atoms with Gasteiger partial charge in [0.2, 0.25) is 0 Å². The fraction of sp³-hybridized carbons (Fsp3) is 0.483. The summed E-state index contributed by atoms with van der Waals surface area (Å²) in [5, 5.41) is 11.0. The molecule has 4 amide bonds. The maximum Gasteiger partial charge on any atom is 0.329 e. The number of carboxylic acid groups (broad SMARTS) is 1. The highest BCUT2D eigenvalue weighted by molar-refractivity contribution is 6.31. The Morgan fingerprint density at radius 3 is 1.85 bits per heavy atom. The summed E-state index contributed by atoms with van der Waals surface area (Å²) in [6.07, 6.45) is 5.97. The lowest BCUT2D eigenvalue weighted by atomic mass is 10.1. The van der Waals surface area contributed by atoms with Gasteiger partial charge < -0.3 is 19.8 Å². The zero-order chi connectivity index (χ0) is 28.4. The number of carbonyl (C=O) groups excluding carboxylic acids is 2. The Morgan fingerprint density at radius 2 is 1.38 bits per heavy atom. The molecule has 212 valence electrons. The van der Waals surface area contributed by atoms with Crippen LogP contribution in [-0.2, 0) is 4.79 Å². The van der Waals surface area contributed by atoms with Gasteiger partial charge in [-0.25, -0.2) is 14.4 Å². The van der Waals surface area contributed by atoms with Gasteiger partial charge in [0.15, 0.2) is 0 Å². The Balaban J connectivity index is 1.85. The lowest BCUT2D eigenvalue weighted by molar-refractivity contribution is -0.143. The third kappa shape index (κ3) is 8.26. The average molecular weight is 578 g/mol. The molecule has 1 heterocycles. The van der Waals surface area contributed by atoms with Crippen molar-refractivity contribution in [1.29, 1.82) is 0 Å². The lowest BCUT2D eigenvalue weighted by Crippen LogP contribution is -2.62. The molecule has 1 aliphatic rings. The Morgan fingerprint density at radius 1 is 0.846 bits per heavy atom. The number of hydrogen-bond acceptors (Lipinski definition) is 3. The van der Waals surface area contributed by atoms with E-state index in [9.17, 15) is 19.5 Å². The van der Waals surface area contributed by atoms with E-state index in [0.717, 1.165) is 38.5 Å². The summed E-state index contributed by atoms with van der Waals surface area (Å²) in [5.74, 6) is -1.17. The van der Waals surface area contributed by atoms with E-state index in [1.807, 2.05) is 4.90 Å². The van der Waals surface area contributed by atoms with Gasteiger partial charge in [0.1, 0.15) is 6.04 Å². The smallest absolute Gasteiger partial charge is 0.329 e. The quantitative estimate of drug-likeness (QED) is 0.288. The molecule has 1 atom stereocenters. The standard InChI is InChI=1S/C29H38Cl2N4O4/c1-3-5-7-15-32(16-8-6-4-2)28(38)33-17-18-34(26(21-33)27(36)37)29(39)35(24-13-9-11-22(30)19-24)25-14-10-12-23(31)20-25/h9-14,19-20,26H,3-8,15-18,21H2,1-2H3,(H,36,37)/t26-/m0/s1. The van der Waals surface area contributed by atoms with Crippen LogP contribution in [-0.4, -0.2) is 76.6 Å². The minimum absolute atomic E-state index is 0.0803. The molecule has 1 fully saturated rings.